The standard InChI is InChI=1S/C15H28/c1-3-4-5-6-11-14-12-15(14,2)13-9-7-8-10-13/h13-14H,3-12H2,1-2H3. The van der Waals surface area contributed by atoms with E-state index >= 15 is 0 Å². The molecule has 0 bridgehead atoms. The maximum absolute atomic E-state index is 2.58. The molecule has 2 atom stereocenters. The molecule has 0 radical (unpaired) electrons. The van der Waals surface area contributed by atoms with Crippen molar-refractivity contribution in [1.82, 2.24) is 0 Å². The summed E-state index contributed by atoms with van der Waals surface area (Å²) in [5, 5.41) is 0. The van der Waals surface area contributed by atoms with Gasteiger partial charge in [-0.2, -0.15) is 0 Å². The maximum atomic E-state index is 2.58. The molecule has 2 unspecified atom stereocenters. The summed E-state index contributed by atoms with van der Waals surface area (Å²) in [6.45, 7) is 4.88. The van der Waals surface area contributed by atoms with Gasteiger partial charge in [0, 0.05) is 0 Å². The first kappa shape index (κ1) is 11.5. The predicted octanol–water partition coefficient (Wildman–Crippen LogP) is 5.17. The van der Waals surface area contributed by atoms with Crippen molar-refractivity contribution in [1.29, 1.82) is 0 Å². The van der Waals surface area contributed by atoms with Crippen molar-refractivity contribution in [2.24, 2.45) is 17.3 Å². The van der Waals surface area contributed by atoms with Crippen LogP contribution in [0.25, 0.3) is 0 Å². The summed E-state index contributed by atoms with van der Waals surface area (Å²) in [4.78, 5) is 0. The fourth-order valence-electron chi connectivity index (χ4n) is 3.81. The van der Waals surface area contributed by atoms with Crippen molar-refractivity contribution in [3.63, 3.8) is 0 Å². The second-order valence-corrected chi connectivity index (χ2v) is 6.24. The third-order valence-electron chi connectivity index (χ3n) is 5.15. The van der Waals surface area contributed by atoms with Crippen LogP contribution in [0.4, 0.5) is 0 Å². The van der Waals surface area contributed by atoms with Crippen LogP contribution in [0, 0.1) is 17.3 Å². The maximum Gasteiger partial charge on any atom is -0.0266 e. The summed E-state index contributed by atoms with van der Waals surface area (Å²) in [5.74, 6) is 2.21. The Labute approximate surface area is 95.8 Å². The molecular formula is C15H28. The Morgan fingerprint density at radius 1 is 1.07 bits per heavy atom. The molecule has 88 valence electrons. The zero-order valence-corrected chi connectivity index (χ0v) is 10.7. The van der Waals surface area contributed by atoms with Crippen LogP contribution in [-0.4, -0.2) is 0 Å². The van der Waals surface area contributed by atoms with Gasteiger partial charge in [-0.3, -0.25) is 0 Å². The highest BCUT2D eigenvalue weighted by Gasteiger charge is 2.54. The summed E-state index contributed by atoms with van der Waals surface area (Å²) >= 11 is 0. The zero-order valence-electron chi connectivity index (χ0n) is 10.7. The lowest BCUT2D eigenvalue weighted by Gasteiger charge is -2.19. The summed E-state index contributed by atoms with van der Waals surface area (Å²) in [6.07, 6.45) is 15.0. The van der Waals surface area contributed by atoms with Gasteiger partial charge >= 0.3 is 0 Å². The summed E-state index contributed by atoms with van der Waals surface area (Å²) < 4.78 is 0. The van der Waals surface area contributed by atoms with E-state index in [9.17, 15) is 0 Å². The highest BCUT2D eigenvalue weighted by Crippen LogP contribution is 2.63. The topological polar surface area (TPSA) is 0 Å². The first-order valence-electron chi connectivity index (χ1n) is 7.27. The molecule has 0 aromatic carbocycles. The van der Waals surface area contributed by atoms with E-state index in [1.807, 2.05) is 0 Å². The Hall–Kier alpha value is 0. The fourth-order valence-corrected chi connectivity index (χ4v) is 3.81. The Morgan fingerprint density at radius 3 is 2.47 bits per heavy atom. The molecule has 15 heavy (non-hydrogen) atoms. The van der Waals surface area contributed by atoms with E-state index < -0.39 is 0 Å². The summed E-state index contributed by atoms with van der Waals surface area (Å²) in [6, 6.07) is 0. The van der Waals surface area contributed by atoms with Crippen LogP contribution in [0.15, 0.2) is 0 Å². The van der Waals surface area contributed by atoms with Gasteiger partial charge in [0.25, 0.3) is 0 Å². The van der Waals surface area contributed by atoms with E-state index in [-0.39, 0.29) is 0 Å². The van der Waals surface area contributed by atoms with E-state index in [1.165, 1.54) is 44.9 Å². The van der Waals surface area contributed by atoms with Crippen LogP contribution < -0.4 is 0 Å². The average molecular weight is 208 g/mol. The van der Waals surface area contributed by atoms with Gasteiger partial charge in [0.1, 0.15) is 0 Å². The molecule has 2 fully saturated rings. The molecule has 0 aromatic heterocycles. The van der Waals surface area contributed by atoms with E-state index in [4.69, 9.17) is 0 Å². The highest BCUT2D eigenvalue weighted by atomic mass is 14.6. The molecule has 0 amide bonds. The first-order valence-corrected chi connectivity index (χ1v) is 7.27. The molecule has 0 heterocycles. The van der Waals surface area contributed by atoms with Gasteiger partial charge in [-0.25, -0.2) is 0 Å². The van der Waals surface area contributed by atoms with Crippen molar-refractivity contribution in [3.8, 4) is 0 Å². The minimum absolute atomic E-state index is 0.794. The minimum atomic E-state index is 0.794. The van der Waals surface area contributed by atoms with Crippen LogP contribution in [0.2, 0.25) is 0 Å². The lowest BCUT2D eigenvalue weighted by molar-refractivity contribution is 0.304. The molecule has 2 aliphatic rings. The first-order chi connectivity index (χ1) is 7.27. The molecule has 0 aliphatic heterocycles. The van der Waals surface area contributed by atoms with Crippen molar-refractivity contribution in [2.45, 2.75) is 78.1 Å². The lowest BCUT2D eigenvalue weighted by Crippen LogP contribution is -2.11. The third-order valence-corrected chi connectivity index (χ3v) is 5.15. The van der Waals surface area contributed by atoms with Crippen molar-refractivity contribution >= 4 is 0 Å². The van der Waals surface area contributed by atoms with Gasteiger partial charge in [-0.1, -0.05) is 52.4 Å². The van der Waals surface area contributed by atoms with Crippen molar-refractivity contribution in [3.05, 3.63) is 0 Å². The monoisotopic (exact) mass is 208 g/mol. The van der Waals surface area contributed by atoms with Gasteiger partial charge in [0.2, 0.25) is 0 Å². The van der Waals surface area contributed by atoms with E-state index in [0.717, 1.165) is 17.3 Å². The third kappa shape index (κ3) is 2.57. The van der Waals surface area contributed by atoms with E-state index in [1.54, 1.807) is 19.3 Å². The molecule has 0 heteroatoms. The quantitative estimate of drug-likeness (QED) is 0.528. The van der Waals surface area contributed by atoms with Crippen LogP contribution in [0.5, 0.6) is 0 Å². The fraction of sp³-hybridized carbons (Fsp3) is 1.00. The second kappa shape index (κ2) is 4.89. The van der Waals surface area contributed by atoms with E-state index in [2.05, 4.69) is 13.8 Å². The van der Waals surface area contributed by atoms with Crippen LogP contribution in [0.3, 0.4) is 0 Å². The van der Waals surface area contributed by atoms with Crippen LogP contribution in [-0.2, 0) is 0 Å². The van der Waals surface area contributed by atoms with Crippen LogP contribution in [0.1, 0.15) is 78.1 Å². The van der Waals surface area contributed by atoms with Crippen LogP contribution >= 0.6 is 0 Å². The smallest absolute Gasteiger partial charge is 0.0266 e. The van der Waals surface area contributed by atoms with Gasteiger partial charge in [-0.15, -0.1) is 0 Å². The predicted molar refractivity (Wildman–Crippen MR) is 66.9 cm³/mol. The van der Waals surface area contributed by atoms with Gasteiger partial charge in [0.05, 0.1) is 0 Å². The second-order valence-electron chi connectivity index (χ2n) is 6.24. The lowest BCUT2D eigenvalue weighted by atomic mass is 9.86. The Morgan fingerprint density at radius 2 is 1.80 bits per heavy atom. The highest BCUT2D eigenvalue weighted by molar-refractivity contribution is 5.03. The largest absolute Gasteiger partial charge is 0.0654 e. The molecule has 2 rings (SSSR count). The van der Waals surface area contributed by atoms with Gasteiger partial charge in [-0.05, 0) is 42.9 Å². The zero-order chi connectivity index (χ0) is 10.7. The summed E-state index contributed by atoms with van der Waals surface area (Å²) in [5.41, 5.74) is 0.794. The van der Waals surface area contributed by atoms with Crippen molar-refractivity contribution < 1.29 is 0 Å². The molecule has 0 N–H and O–H groups in total. The van der Waals surface area contributed by atoms with Gasteiger partial charge in [0.15, 0.2) is 0 Å². The Kier molecular flexibility index (Phi) is 3.74. The minimum Gasteiger partial charge on any atom is -0.0654 e. The molecular weight excluding hydrogens is 180 g/mol. The molecule has 0 spiro atoms. The number of hydrogen-bond acceptors (Lipinski definition) is 0. The molecule has 2 saturated carbocycles. The number of unbranched alkanes of at least 4 members (excludes halogenated alkanes) is 3. The number of rotatable bonds is 6. The molecule has 2 aliphatic carbocycles. The number of hydrogen-bond donors (Lipinski definition) is 0. The average Bonchev–Trinajstić information content (AvgIpc) is 2.72. The summed E-state index contributed by atoms with van der Waals surface area (Å²) in [7, 11) is 0. The van der Waals surface area contributed by atoms with E-state index in [0.29, 0.717) is 0 Å². The van der Waals surface area contributed by atoms with Gasteiger partial charge < -0.3 is 0 Å². The Bertz CT molecular complexity index is 190. The molecule has 0 aromatic rings. The Balaban J connectivity index is 1.65. The normalized spacial score (nSPS) is 36.0. The molecule has 0 nitrogen and oxygen atoms in total. The van der Waals surface area contributed by atoms with Crippen molar-refractivity contribution in [2.75, 3.05) is 0 Å². The molecule has 0 saturated heterocycles. The SMILES string of the molecule is CCCCCCC1CC1(C)C1CCCC1.